The zero-order valence-corrected chi connectivity index (χ0v) is 11.7. The van der Waals surface area contributed by atoms with Crippen LogP contribution in [0.3, 0.4) is 0 Å². The Morgan fingerprint density at radius 3 is 2.61 bits per heavy atom. The summed E-state index contributed by atoms with van der Waals surface area (Å²) in [6.45, 7) is 4.40. The molecule has 1 saturated carbocycles. The van der Waals surface area contributed by atoms with Gasteiger partial charge in [-0.1, -0.05) is 32.6 Å². The molecule has 1 amide bonds. The molecule has 0 spiro atoms. The van der Waals surface area contributed by atoms with Crippen molar-refractivity contribution < 1.29 is 9.90 Å². The van der Waals surface area contributed by atoms with Gasteiger partial charge >= 0.3 is 0 Å². The molecule has 0 radical (unpaired) electrons. The molecule has 2 atom stereocenters. The molecule has 0 aromatic carbocycles. The van der Waals surface area contributed by atoms with Gasteiger partial charge in [0.25, 0.3) is 0 Å². The van der Waals surface area contributed by atoms with Crippen LogP contribution in [0.25, 0.3) is 0 Å². The zero-order chi connectivity index (χ0) is 13.4. The molecule has 1 aliphatic rings. The quantitative estimate of drug-likeness (QED) is 0.648. The van der Waals surface area contributed by atoms with E-state index in [0.29, 0.717) is 12.6 Å². The smallest absolute Gasteiger partial charge is 0.237 e. The SMILES string of the molecule is CCCC(O)CNC(C)C(=O)NC1CCCCC1. The van der Waals surface area contributed by atoms with Gasteiger partial charge in [0.1, 0.15) is 0 Å². The molecular weight excluding hydrogens is 228 g/mol. The van der Waals surface area contributed by atoms with Gasteiger partial charge < -0.3 is 15.7 Å². The fourth-order valence-corrected chi connectivity index (χ4v) is 2.41. The topological polar surface area (TPSA) is 61.4 Å². The Balaban J connectivity index is 2.19. The molecule has 18 heavy (non-hydrogen) atoms. The number of carbonyl (C=O) groups excluding carboxylic acids is 1. The second-order valence-electron chi connectivity index (χ2n) is 5.42. The number of amides is 1. The fraction of sp³-hybridized carbons (Fsp3) is 0.929. The molecule has 4 heteroatoms. The summed E-state index contributed by atoms with van der Waals surface area (Å²) in [5, 5.41) is 15.8. The van der Waals surface area contributed by atoms with Crippen molar-refractivity contribution in [2.75, 3.05) is 6.54 Å². The van der Waals surface area contributed by atoms with Crippen molar-refractivity contribution in [3.63, 3.8) is 0 Å². The van der Waals surface area contributed by atoms with Gasteiger partial charge in [0.05, 0.1) is 12.1 Å². The summed E-state index contributed by atoms with van der Waals surface area (Å²) in [6, 6.07) is 0.134. The molecule has 2 unspecified atom stereocenters. The average molecular weight is 256 g/mol. The highest BCUT2D eigenvalue weighted by Crippen LogP contribution is 2.17. The second-order valence-corrected chi connectivity index (χ2v) is 5.42. The fourth-order valence-electron chi connectivity index (χ4n) is 2.41. The molecule has 0 aliphatic heterocycles. The first-order valence-corrected chi connectivity index (χ1v) is 7.35. The van der Waals surface area contributed by atoms with Crippen LogP contribution in [0.5, 0.6) is 0 Å². The normalized spacial score (nSPS) is 20.4. The van der Waals surface area contributed by atoms with E-state index in [-0.39, 0.29) is 18.1 Å². The Kier molecular flexibility index (Phi) is 7.28. The van der Waals surface area contributed by atoms with Crippen LogP contribution >= 0.6 is 0 Å². The minimum absolute atomic E-state index is 0.0607. The van der Waals surface area contributed by atoms with E-state index < -0.39 is 0 Å². The Morgan fingerprint density at radius 1 is 1.33 bits per heavy atom. The van der Waals surface area contributed by atoms with Crippen molar-refractivity contribution in [1.29, 1.82) is 0 Å². The van der Waals surface area contributed by atoms with Crippen molar-refractivity contribution in [2.24, 2.45) is 0 Å². The van der Waals surface area contributed by atoms with Crippen LogP contribution in [0.15, 0.2) is 0 Å². The van der Waals surface area contributed by atoms with Crippen LogP contribution in [0, 0.1) is 0 Å². The van der Waals surface area contributed by atoms with Gasteiger partial charge in [-0.15, -0.1) is 0 Å². The van der Waals surface area contributed by atoms with E-state index in [2.05, 4.69) is 10.6 Å². The highest BCUT2D eigenvalue weighted by Gasteiger charge is 2.19. The van der Waals surface area contributed by atoms with E-state index in [1.165, 1.54) is 19.3 Å². The zero-order valence-electron chi connectivity index (χ0n) is 11.7. The van der Waals surface area contributed by atoms with Crippen LogP contribution in [-0.2, 0) is 4.79 Å². The predicted molar refractivity (Wildman–Crippen MR) is 73.4 cm³/mol. The lowest BCUT2D eigenvalue weighted by molar-refractivity contribution is -0.123. The number of rotatable bonds is 7. The highest BCUT2D eigenvalue weighted by atomic mass is 16.3. The third-order valence-electron chi connectivity index (χ3n) is 3.63. The van der Waals surface area contributed by atoms with Crippen LogP contribution in [0.1, 0.15) is 58.8 Å². The summed E-state index contributed by atoms with van der Waals surface area (Å²) in [7, 11) is 0. The van der Waals surface area contributed by atoms with Gasteiger partial charge in [-0.3, -0.25) is 4.79 Å². The third kappa shape index (κ3) is 5.83. The summed E-state index contributed by atoms with van der Waals surface area (Å²) in [4.78, 5) is 11.9. The van der Waals surface area contributed by atoms with Crippen LogP contribution < -0.4 is 10.6 Å². The minimum atomic E-state index is -0.347. The molecule has 0 heterocycles. The van der Waals surface area contributed by atoms with E-state index >= 15 is 0 Å². The first kappa shape index (κ1) is 15.4. The first-order chi connectivity index (χ1) is 8.63. The second kappa shape index (κ2) is 8.48. The Bertz CT molecular complexity index is 240. The van der Waals surface area contributed by atoms with Crippen molar-refractivity contribution in [3.8, 4) is 0 Å². The van der Waals surface area contributed by atoms with Gasteiger partial charge in [-0.05, 0) is 26.2 Å². The highest BCUT2D eigenvalue weighted by molar-refractivity contribution is 5.81. The summed E-state index contributed by atoms with van der Waals surface area (Å²) >= 11 is 0. The maximum atomic E-state index is 11.9. The lowest BCUT2D eigenvalue weighted by atomic mass is 9.95. The van der Waals surface area contributed by atoms with Crippen molar-refractivity contribution in [3.05, 3.63) is 0 Å². The van der Waals surface area contributed by atoms with Gasteiger partial charge in [0.15, 0.2) is 0 Å². The van der Waals surface area contributed by atoms with E-state index in [4.69, 9.17) is 0 Å². The van der Waals surface area contributed by atoms with E-state index in [0.717, 1.165) is 25.7 Å². The van der Waals surface area contributed by atoms with Crippen molar-refractivity contribution in [1.82, 2.24) is 10.6 Å². The molecule has 0 aromatic rings. The first-order valence-electron chi connectivity index (χ1n) is 7.35. The molecule has 0 aromatic heterocycles. The van der Waals surface area contributed by atoms with Crippen molar-refractivity contribution >= 4 is 5.91 Å². The van der Waals surface area contributed by atoms with Crippen LogP contribution in [-0.4, -0.2) is 35.7 Å². The monoisotopic (exact) mass is 256 g/mol. The maximum Gasteiger partial charge on any atom is 0.237 e. The number of aliphatic hydroxyl groups is 1. The molecule has 0 bridgehead atoms. The van der Waals surface area contributed by atoms with Gasteiger partial charge in [-0.2, -0.15) is 0 Å². The van der Waals surface area contributed by atoms with E-state index in [1.807, 2.05) is 13.8 Å². The third-order valence-corrected chi connectivity index (χ3v) is 3.63. The van der Waals surface area contributed by atoms with E-state index in [1.54, 1.807) is 0 Å². The van der Waals surface area contributed by atoms with Crippen molar-refractivity contribution in [2.45, 2.75) is 77.0 Å². The van der Waals surface area contributed by atoms with Gasteiger partial charge in [-0.25, -0.2) is 0 Å². The molecule has 1 rings (SSSR count). The number of hydrogen-bond acceptors (Lipinski definition) is 3. The van der Waals surface area contributed by atoms with Crippen LogP contribution in [0.2, 0.25) is 0 Å². The number of nitrogens with one attached hydrogen (secondary N) is 2. The lowest BCUT2D eigenvalue weighted by Crippen LogP contribution is -2.48. The van der Waals surface area contributed by atoms with E-state index in [9.17, 15) is 9.90 Å². The molecule has 106 valence electrons. The molecule has 0 saturated heterocycles. The lowest BCUT2D eigenvalue weighted by Gasteiger charge is -2.25. The summed E-state index contributed by atoms with van der Waals surface area (Å²) < 4.78 is 0. The Labute approximate surface area is 111 Å². The molecular formula is C14H28N2O2. The molecule has 3 N–H and O–H groups in total. The summed E-state index contributed by atoms with van der Waals surface area (Å²) in [5.74, 6) is 0.0607. The maximum absolute atomic E-state index is 11.9. The molecule has 1 aliphatic carbocycles. The average Bonchev–Trinajstić information content (AvgIpc) is 2.37. The Morgan fingerprint density at radius 2 is 2.00 bits per heavy atom. The predicted octanol–water partition coefficient (Wildman–Crippen LogP) is 1.57. The molecule has 4 nitrogen and oxygen atoms in total. The standard InChI is InChI=1S/C14H28N2O2/c1-3-7-13(17)10-15-11(2)14(18)16-12-8-5-4-6-9-12/h11-13,15,17H,3-10H2,1-2H3,(H,16,18). The van der Waals surface area contributed by atoms with Crippen LogP contribution in [0.4, 0.5) is 0 Å². The summed E-state index contributed by atoms with van der Waals surface area (Å²) in [6.07, 6.45) is 7.36. The minimum Gasteiger partial charge on any atom is -0.392 e. The number of aliphatic hydroxyl groups excluding tert-OH is 1. The summed E-state index contributed by atoms with van der Waals surface area (Å²) in [5.41, 5.74) is 0. The number of carbonyl (C=O) groups is 1. The largest absolute Gasteiger partial charge is 0.392 e. The van der Waals surface area contributed by atoms with Gasteiger partial charge in [0, 0.05) is 12.6 Å². The Hall–Kier alpha value is -0.610. The van der Waals surface area contributed by atoms with Gasteiger partial charge in [0.2, 0.25) is 5.91 Å². The molecule has 1 fully saturated rings. The number of hydrogen-bond donors (Lipinski definition) is 3.